The van der Waals surface area contributed by atoms with Crippen molar-refractivity contribution in [2.24, 2.45) is 5.92 Å². The second-order valence-electron chi connectivity index (χ2n) is 6.32. The largest absolute Gasteiger partial charge is 0.454 e. The number of rotatable bonds is 5. The Balaban J connectivity index is 1.49. The average Bonchev–Trinajstić information content (AvgIpc) is 3.38. The molecule has 2 aromatic carbocycles. The first-order valence-corrected chi connectivity index (χ1v) is 8.12. The highest BCUT2D eigenvalue weighted by Crippen LogP contribution is 2.45. The van der Waals surface area contributed by atoms with Gasteiger partial charge in [-0.15, -0.1) is 0 Å². The first-order chi connectivity index (χ1) is 11.7. The first-order valence-electron chi connectivity index (χ1n) is 8.12. The van der Waals surface area contributed by atoms with Gasteiger partial charge in [-0.1, -0.05) is 30.3 Å². The number of hydrogen-bond donors (Lipinski definition) is 2. The maximum Gasteiger partial charge on any atom is 0.251 e. The molecule has 124 valence electrons. The zero-order chi connectivity index (χ0) is 16.6. The van der Waals surface area contributed by atoms with Crippen LogP contribution in [0.4, 0.5) is 0 Å². The molecule has 2 N–H and O–H groups in total. The topological polar surface area (TPSA) is 67.8 Å². The minimum absolute atomic E-state index is 0.176. The van der Waals surface area contributed by atoms with Crippen LogP contribution in [0, 0.1) is 5.92 Å². The van der Waals surface area contributed by atoms with Crippen LogP contribution >= 0.6 is 0 Å². The predicted octanol–water partition coefficient (Wildman–Crippen LogP) is 2.44. The molecule has 1 amide bonds. The molecule has 1 atom stereocenters. The Kier molecular flexibility index (Phi) is 3.65. The van der Waals surface area contributed by atoms with Crippen molar-refractivity contribution in [3.8, 4) is 11.5 Å². The number of hydrogen-bond acceptors (Lipinski definition) is 4. The number of carbonyl (C=O) groups excluding carboxylic acids is 1. The van der Waals surface area contributed by atoms with Crippen LogP contribution in [0.1, 0.15) is 28.8 Å². The zero-order valence-electron chi connectivity index (χ0n) is 13.2. The Labute approximate surface area is 140 Å². The van der Waals surface area contributed by atoms with Crippen LogP contribution in [-0.4, -0.2) is 24.4 Å². The van der Waals surface area contributed by atoms with Gasteiger partial charge in [-0.05, 0) is 42.5 Å². The summed E-state index contributed by atoms with van der Waals surface area (Å²) in [4.78, 5) is 12.4. The minimum Gasteiger partial charge on any atom is -0.454 e. The molecule has 1 fully saturated rings. The Morgan fingerprint density at radius 2 is 1.88 bits per heavy atom. The van der Waals surface area contributed by atoms with E-state index in [9.17, 15) is 9.90 Å². The fourth-order valence-electron chi connectivity index (χ4n) is 3.12. The number of nitrogens with one attached hydrogen (secondary N) is 1. The van der Waals surface area contributed by atoms with Crippen LogP contribution in [0.2, 0.25) is 0 Å². The number of ether oxygens (including phenoxy) is 2. The third-order valence-electron chi connectivity index (χ3n) is 4.68. The summed E-state index contributed by atoms with van der Waals surface area (Å²) in [5.74, 6) is 1.17. The lowest BCUT2D eigenvalue weighted by molar-refractivity contribution is 0.0135. The highest BCUT2D eigenvalue weighted by molar-refractivity contribution is 5.95. The lowest BCUT2D eigenvalue weighted by atomic mass is 9.88. The van der Waals surface area contributed by atoms with Gasteiger partial charge in [0.1, 0.15) is 5.60 Å². The first kappa shape index (κ1) is 15.0. The summed E-state index contributed by atoms with van der Waals surface area (Å²) >= 11 is 0. The average molecular weight is 325 g/mol. The van der Waals surface area contributed by atoms with Crippen LogP contribution in [-0.2, 0) is 5.60 Å². The molecule has 0 spiro atoms. The molecule has 4 rings (SSSR count). The van der Waals surface area contributed by atoms with Crippen molar-refractivity contribution in [1.29, 1.82) is 0 Å². The fraction of sp³-hybridized carbons (Fsp3) is 0.316. The van der Waals surface area contributed by atoms with Gasteiger partial charge in [0, 0.05) is 5.56 Å². The molecular formula is C19H19NO4. The second-order valence-corrected chi connectivity index (χ2v) is 6.32. The highest BCUT2D eigenvalue weighted by atomic mass is 16.7. The van der Waals surface area contributed by atoms with Crippen LogP contribution < -0.4 is 14.8 Å². The van der Waals surface area contributed by atoms with E-state index in [0.717, 1.165) is 18.4 Å². The SMILES string of the molecule is O=C(NC[C@@](O)(c1ccccc1)C1CC1)c1ccc2c(c1)OCO2. The van der Waals surface area contributed by atoms with Crippen LogP contribution in [0.3, 0.4) is 0 Å². The summed E-state index contributed by atoms with van der Waals surface area (Å²) in [5.41, 5.74) is 0.316. The van der Waals surface area contributed by atoms with E-state index in [1.165, 1.54) is 0 Å². The van der Waals surface area contributed by atoms with Gasteiger partial charge in [-0.3, -0.25) is 4.79 Å². The Hall–Kier alpha value is -2.53. The molecule has 1 aliphatic heterocycles. The second kappa shape index (κ2) is 5.83. The van der Waals surface area contributed by atoms with Gasteiger partial charge in [0.25, 0.3) is 5.91 Å². The molecule has 0 radical (unpaired) electrons. The highest BCUT2D eigenvalue weighted by Gasteiger charge is 2.45. The van der Waals surface area contributed by atoms with Gasteiger partial charge in [-0.25, -0.2) is 0 Å². The predicted molar refractivity (Wildman–Crippen MR) is 88.0 cm³/mol. The van der Waals surface area contributed by atoms with E-state index >= 15 is 0 Å². The maximum absolute atomic E-state index is 12.4. The Bertz CT molecular complexity index is 757. The van der Waals surface area contributed by atoms with Crippen molar-refractivity contribution < 1.29 is 19.4 Å². The summed E-state index contributed by atoms with van der Waals surface area (Å²) in [7, 11) is 0. The molecule has 1 aliphatic carbocycles. The summed E-state index contributed by atoms with van der Waals surface area (Å²) < 4.78 is 10.6. The van der Waals surface area contributed by atoms with Gasteiger partial charge in [0.15, 0.2) is 11.5 Å². The normalized spacial score (nSPS) is 18.0. The molecule has 2 aliphatic rings. The number of fused-ring (bicyclic) bond motifs is 1. The number of carbonyl (C=O) groups is 1. The van der Waals surface area contributed by atoms with Crippen molar-refractivity contribution in [2.75, 3.05) is 13.3 Å². The van der Waals surface area contributed by atoms with Gasteiger partial charge < -0.3 is 19.9 Å². The smallest absolute Gasteiger partial charge is 0.251 e. The molecule has 5 nitrogen and oxygen atoms in total. The number of amides is 1. The lowest BCUT2D eigenvalue weighted by Gasteiger charge is -2.29. The van der Waals surface area contributed by atoms with Crippen molar-refractivity contribution in [1.82, 2.24) is 5.32 Å². The maximum atomic E-state index is 12.4. The van der Waals surface area contributed by atoms with Crippen molar-refractivity contribution in [2.45, 2.75) is 18.4 Å². The van der Waals surface area contributed by atoms with Gasteiger partial charge in [0.2, 0.25) is 6.79 Å². The molecular weight excluding hydrogens is 306 g/mol. The van der Waals surface area contributed by atoms with Gasteiger partial charge >= 0.3 is 0 Å². The molecule has 2 aromatic rings. The van der Waals surface area contributed by atoms with E-state index in [1.807, 2.05) is 30.3 Å². The number of benzene rings is 2. The van der Waals surface area contributed by atoms with E-state index in [1.54, 1.807) is 18.2 Å². The van der Waals surface area contributed by atoms with Crippen molar-refractivity contribution in [3.63, 3.8) is 0 Å². The molecule has 0 unspecified atom stereocenters. The number of aliphatic hydroxyl groups is 1. The summed E-state index contributed by atoms with van der Waals surface area (Å²) in [6, 6.07) is 14.6. The molecule has 24 heavy (non-hydrogen) atoms. The summed E-state index contributed by atoms with van der Waals surface area (Å²) in [6.45, 7) is 0.366. The van der Waals surface area contributed by atoms with E-state index in [0.29, 0.717) is 17.1 Å². The minimum atomic E-state index is -1.02. The van der Waals surface area contributed by atoms with Crippen molar-refractivity contribution in [3.05, 3.63) is 59.7 Å². The van der Waals surface area contributed by atoms with Gasteiger partial charge in [0.05, 0.1) is 6.54 Å². The Morgan fingerprint density at radius 3 is 2.62 bits per heavy atom. The fourth-order valence-corrected chi connectivity index (χ4v) is 3.12. The quantitative estimate of drug-likeness (QED) is 0.886. The third kappa shape index (κ3) is 2.71. The van der Waals surface area contributed by atoms with E-state index in [4.69, 9.17) is 9.47 Å². The molecule has 1 saturated carbocycles. The Morgan fingerprint density at radius 1 is 1.12 bits per heavy atom. The van der Waals surface area contributed by atoms with E-state index < -0.39 is 5.60 Å². The lowest BCUT2D eigenvalue weighted by Crippen LogP contribution is -2.42. The van der Waals surface area contributed by atoms with Gasteiger partial charge in [-0.2, -0.15) is 0 Å². The molecule has 0 aromatic heterocycles. The molecule has 5 heteroatoms. The molecule has 0 bridgehead atoms. The van der Waals surface area contributed by atoms with E-state index in [2.05, 4.69) is 5.32 Å². The summed E-state index contributed by atoms with van der Waals surface area (Å²) in [5, 5.41) is 14.0. The zero-order valence-corrected chi connectivity index (χ0v) is 13.2. The van der Waals surface area contributed by atoms with Crippen LogP contribution in [0.5, 0.6) is 11.5 Å². The van der Waals surface area contributed by atoms with Crippen LogP contribution in [0.15, 0.2) is 48.5 Å². The third-order valence-corrected chi connectivity index (χ3v) is 4.68. The van der Waals surface area contributed by atoms with Crippen molar-refractivity contribution >= 4 is 5.91 Å². The molecule has 1 heterocycles. The monoisotopic (exact) mass is 325 g/mol. The molecule has 0 saturated heterocycles. The summed E-state index contributed by atoms with van der Waals surface area (Å²) in [6.07, 6.45) is 1.95. The van der Waals surface area contributed by atoms with E-state index in [-0.39, 0.29) is 25.2 Å². The standard InChI is InChI=1S/C19H19NO4/c21-18(13-6-9-16-17(10-13)24-12-23-16)20-11-19(22,15-7-8-15)14-4-2-1-3-5-14/h1-6,9-10,15,22H,7-8,11-12H2,(H,20,21)/t19-/m1/s1. The van der Waals surface area contributed by atoms with Crippen LogP contribution in [0.25, 0.3) is 0 Å².